The second-order valence-electron chi connectivity index (χ2n) is 7.72. The molecule has 1 atom stereocenters. The first-order valence-corrected chi connectivity index (χ1v) is 10.5. The van der Waals surface area contributed by atoms with Gasteiger partial charge in [-0.25, -0.2) is 4.39 Å². The molecule has 3 amide bonds. The zero-order valence-corrected chi connectivity index (χ0v) is 18.0. The molecular weight excluding hydrogens is 453 g/mol. The Morgan fingerprint density at radius 3 is 2.77 bits per heavy atom. The van der Waals surface area contributed by atoms with Crippen LogP contribution in [-0.2, 0) is 16.1 Å². The molecular formula is C22H21BrFN3O3. The molecule has 2 aliphatic rings. The monoisotopic (exact) mass is 473 g/mol. The Balaban J connectivity index is 1.47. The van der Waals surface area contributed by atoms with Crippen LogP contribution >= 0.6 is 15.9 Å². The molecule has 0 aromatic heterocycles. The minimum absolute atomic E-state index is 0.0245. The number of nitrogens with one attached hydrogen (secondary N) is 1. The summed E-state index contributed by atoms with van der Waals surface area (Å²) >= 11 is 3.23. The lowest BCUT2D eigenvalue weighted by molar-refractivity contribution is -0.121. The summed E-state index contributed by atoms with van der Waals surface area (Å²) < 4.78 is 14.1. The second kappa shape index (κ2) is 7.83. The third-order valence-electron chi connectivity index (χ3n) is 5.72. The van der Waals surface area contributed by atoms with Crippen LogP contribution in [0.5, 0.6) is 0 Å². The lowest BCUT2D eigenvalue weighted by atomic mass is 9.98. The first-order chi connectivity index (χ1) is 14.3. The molecule has 1 fully saturated rings. The molecule has 0 aliphatic carbocycles. The van der Waals surface area contributed by atoms with Crippen molar-refractivity contribution in [1.29, 1.82) is 0 Å². The number of anilines is 1. The quantitative estimate of drug-likeness (QED) is 0.721. The zero-order chi connectivity index (χ0) is 21.5. The van der Waals surface area contributed by atoms with Gasteiger partial charge < -0.3 is 10.2 Å². The third kappa shape index (κ3) is 3.60. The van der Waals surface area contributed by atoms with E-state index in [1.807, 2.05) is 13.0 Å². The van der Waals surface area contributed by atoms with Gasteiger partial charge in [-0.15, -0.1) is 0 Å². The Morgan fingerprint density at radius 2 is 2.00 bits per heavy atom. The number of para-hydroxylation sites is 1. The van der Waals surface area contributed by atoms with Crippen molar-refractivity contribution >= 4 is 39.3 Å². The lowest BCUT2D eigenvalue weighted by Crippen LogP contribution is -2.62. The van der Waals surface area contributed by atoms with E-state index in [2.05, 4.69) is 21.2 Å². The molecule has 2 aliphatic heterocycles. The van der Waals surface area contributed by atoms with E-state index in [1.54, 1.807) is 34.1 Å². The summed E-state index contributed by atoms with van der Waals surface area (Å²) in [6.45, 7) is 2.24. The van der Waals surface area contributed by atoms with Gasteiger partial charge in [-0.2, -0.15) is 0 Å². The van der Waals surface area contributed by atoms with Gasteiger partial charge in [-0.1, -0.05) is 28.1 Å². The third-order valence-corrected chi connectivity index (χ3v) is 6.18. The van der Waals surface area contributed by atoms with Crippen molar-refractivity contribution in [2.24, 2.45) is 0 Å². The molecule has 0 saturated carbocycles. The SMILES string of the molecule is CC12CCC(=O)N1c1ccccc1C(=O)N2CCC(=O)NCc1cc(F)cc(Br)c1. The van der Waals surface area contributed by atoms with E-state index in [0.29, 0.717) is 34.1 Å². The van der Waals surface area contributed by atoms with Gasteiger partial charge in [0.05, 0.1) is 11.3 Å². The van der Waals surface area contributed by atoms with Crippen LogP contribution in [0.4, 0.5) is 10.1 Å². The Hall–Kier alpha value is -2.74. The molecule has 0 spiro atoms. The van der Waals surface area contributed by atoms with Gasteiger partial charge in [-0.3, -0.25) is 19.3 Å². The number of hydrogen-bond acceptors (Lipinski definition) is 3. The summed E-state index contributed by atoms with van der Waals surface area (Å²) in [5.74, 6) is -0.837. The lowest BCUT2D eigenvalue weighted by Gasteiger charge is -2.48. The van der Waals surface area contributed by atoms with Crippen LogP contribution < -0.4 is 10.2 Å². The first kappa shape index (κ1) is 20.5. The summed E-state index contributed by atoms with van der Waals surface area (Å²) in [6, 6.07) is 11.5. The molecule has 2 heterocycles. The van der Waals surface area contributed by atoms with E-state index in [0.717, 1.165) is 0 Å². The number of fused-ring (bicyclic) bond motifs is 3. The molecule has 2 aromatic rings. The number of amides is 3. The highest BCUT2D eigenvalue weighted by atomic mass is 79.9. The van der Waals surface area contributed by atoms with Crippen molar-refractivity contribution < 1.29 is 18.8 Å². The highest BCUT2D eigenvalue weighted by molar-refractivity contribution is 9.10. The Morgan fingerprint density at radius 1 is 1.23 bits per heavy atom. The number of benzene rings is 2. The Labute approximate surface area is 182 Å². The topological polar surface area (TPSA) is 69.7 Å². The van der Waals surface area contributed by atoms with Gasteiger partial charge >= 0.3 is 0 Å². The van der Waals surface area contributed by atoms with Gasteiger partial charge in [-0.05, 0) is 49.2 Å². The second-order valence-corrected chi connectivity index (χ2v) is 8.64. The molecule has 0 bridgehead atoms. The largest absolute Gasteiger partial charge is 0.352 e. The highest BCUT2D eigenvalue weighted by Crippen LogP contribution is 2.43. The van der Waals surface area contributed by atoms with Crippen molar-refractivity contribution in [1.82, 2.24) is 10.2 Å². The maximum Gasteiger partial charge on any atom is 0.257 e. The van der Waals surface area contributed by atoms with E-state index in [9.17, 15) is 18.8 Å². The molecule has 0 radical (unpaired) electrons. The van der Waals surface area contributed by atoms with E-state index in [1.165, 1.54) is 12.1 Å². The summed E-state index contributed by atoms with van der Waals surface area (Å²) in [7, 11) is 0. The van der Waals surface area contributed by atoms with Gasteiger partial charge in [0, 0.05) is 30.4 Å². The minimum atomic E-state index is -0.782. The standard InChI is InChI=1S/C22H21BrFN3O3/c1-22-8-6-20(29)27(22)18-5-3-2-4-17(18)21(30)26(22)9-7-19(28)25-13-14-10-15(23)12-16(24)11-14/h2-5,10-12H,6-9,13H2,1H3,(H,25,28). The fraction of sp³-hybridized carbons (Fsp3) is 0.318. The van der Waals surface area contributed by atoms with E-state index >= 15 is 0 Å². The van der Waals surface area contributed by atoms with Crippen molar-refractivity contribution in [3.8, 4) is 0 Å². The van der Waals surface area contributed by atoms with Gasteiger partial charge in [0.1, 0.15) is 11.5 Å². The van der Waals surface area contributed by atoms with Gasteiger partial charge in [0.25, 0.3) is 5.91 Å². The molecule has 8 heteroatoms. The molecule has 1 saturated heterocycles. The number of nitrogens with zero attached hydrogens (tertiary/aromatic N) is 2. The summed E-state index contributed by atoms with van der Waals surface area (Å²) in [5, 5.41) is 2.76. The van der Waals surface area contributed by atoms with Crippen molar-refractivity contribution in [2.45, 2.75) is 38.4 Å². The van der Waals surface area contributed by atoms with E-state index < -0.39 is 5.66 Å². The highest BCUT2D eigenvalue weighted by Gasteiger charge is 2.52. The Kier molecular flexibility index (Phi) is 5.36. The average molecular weight is 474 g/mol. The molecule has 30 heavy (non-hydrogen) atoms. The normalized spacial score (nSPS) is 20.2. The predicted molar refractivity (Wildman–Crippen MR) is 113 cm³/mol. The van der Waals surface area contributed by atoms with Gasteiger partial charge in [0.15, 0.2) is 0 Å². The number of rotatable bonds is 5. The van der Waals surface area contributed by atoms with E-state index in [-0.39, 0.29) is 43.0 Å². The molecule has 4 rings (SSSR count). The molecule has 1 unspecified atom stereocenters. The molecule has 6 nitrogen and oxygen atoms in total. The first-order valence-electron chi connectivity index (χ1n) is 9.75. The minimum Gasteiger partial charge on any atom is -0.352 e. The van der Waals surface area contributed by atoms with Crippen LogP contribution in [0.1, 0.15) is 42.1 Å². The van der Waals surface area contributed by atoms with Gasteiger partial charge in [0.2, 0.25) is 11.8 Å². The van der Waals surface area contributed by atoms with E-state index in [4.69, 9.17) is 0 Å². The fourth-order valence-electron chi connectivity index (χ4n) is 4.26. The number of halogens is 2. The maximum absolute atomic E-state index is 13.5. The van der Waals surface area contributed by atoms with Crippen LogP contribution in [0.3, 0.4) is 0 Å². The smallest absolute Gasteiger partial charge is 0.257 e. The maximum atomic E-state index is 13.5. The molecule has 156 valence electrons. The fourth-order valence-corrected chi connectivity index (χ4v) is 4.77. The van der Waals surface area contributed by atoms with Crippen LogP contribution in [0.25, 0.3) is 0 Å². The van der Waals surface area contributed by atoms with Crippen molar-refractivity contribution in [3.63, 3.8) is 0 Å². The molecule has 1 N–H and O–H groups in total. The Bertz CT molecular complexity index is 1020. The summed E-state index contributed by atoms with van der Waals surface area (Å²) in [5.41, 5.74) is 0.953. The van der Waals surface area contributed by atoms with Crippen LogP contribution in [0, 0.1) is 5.82 Å². The van der Waals surface area contributed by atoms with Crippen LogP contribution in [0.2, 0.25) is 0 Å². The summed E-state index contributed by atoms with van der Waals surface area (Å²) in [6.07, 6.45) is 0.960. The van der Waals surface area contributed by atoms with Crippen molar-refractivity contribution in [3.05, 3.63) is 63.9 Å². The predicted octanol–water partition coefficient (Wildman–Crippen LogP) is 3.59. The zero-order valence-electron chi connectivity index (χ0n) is 16.5. The van der Waals surface area contributed by atoms with Crippen LogP contribution in [-0.4, -0.2) is 34.8 Å². The number of carbonyl (C=O) groups is 3. The van der Waals surface area contributed by atoms with Crippen LogP contribution in [0.15, 0.2) is 46.9 Å². The number of carbonyl (C=O) groups excluding carboxylic acids is 3. The number of hydrogen-bond donors (Lipinski definition) is 1. The molecule has 2 aromatic carbocycles. The average Bonchev–Trinajstić information content (AvgIpc) is 3.01. The summed E-state index contributed by atoms with van der Waals surface area (Å²) in [4.78, 5) is 41.4. The van der Waals surface area contributed by atoms with Crippen molar-refractivity contribution in [2.75, 3.05) is 11.4 Å².